The van der Waals surface area contributed by atoms with Gasteiger partial charge in [-0.25, -0.2) is 4.98 Å². The Bertz CT molecular complexity index is 450. The van der Waals surface area contributed by atoms with Crippen molar-refractivity contribution in [1.82, 2.24) is 10.3 Å². The van der Waals surface area contributed by atoms with E-state index in [9.17, 15) is 4.79 Å². The molecule has 1 amide bonds. The number of hydrogen-bond acceptors (Lipinski definition) is 3. The summed E-state index contributed by atoms with van der Waals surface area (Å²) in [5.74, 6) is 6.25. The third-order valence-electron chi connectivity index (χ3n) is 2.79. The SMILES string of the molecule is NC(=O)c1ccc(C#CC2CCNCC2)nc1. The van der Waals surface area contributed by atoms with E-state index in [1.807, 2.05) is 0 Å². The van der Waals surface area contributed by atoms with Crippen molar-refractivity contribution in [2.24, 2.45) is 11.7 Å². The van der Waals surface area contributed by atoms with Crippen molar-refractivity contribution in [1.29, 1.82) is 0 Å². The molecular weight excluding hydrogens is 214 g/mol. The Morgan fingerprint density at radius 3 is 2.76 bits per heavy atom. The van der Waals surface area contributed by atoms with Crippen molar-refractivity contribution in [2.45, 2.75) is 12.8 Å². The number of rotatable bonds is 1. The zero-order valence-electron chi connectivity index (χ0n) is 9.57. The number of aromatic nitrogens is 1. The second-order valence-electron chi connectivity index (χ2n) is 4.09. The molecule has 1 fully saturated rings. The van der Waals surface area contributed by atoms with E-state index in [2.05, 4.69) is 22.1 Å². The van der Waals surface area contributed by atoms with Gasteiger partial charge >= 0.3 is 0 Å². The highest BCUT2D eigenvalue weighted by Gasteiger charge is 2.09. The lowest BCUT2D eigenvalue weighted by atomic mass is 9.99. The second kappa shape index (κ2) is 5.46. The molecule has 3 N–H and O–H groups in total. The number of nitrogens with zero attached hydrogens (tertiary/aromatic N) is 1. The summed E-state index contributed by atoms with van der Waals surface area (Å²) >= 11 is 0. The van der Waals surface area contributed by atoms with E-state index in [1.165, 1.54) is 6.20 Å². The van der Waals surface area contributed by atoms with Gasteiger partial charge in [0.25, 0.3) is 0 Å². The molecule has 1 saturated heterocycles. The predicted octanol–water partition coefficient (Wildman–Crippen LogP) is 0.532. The molecule has 2 rings (SSSR count). The lowest BCUT2D eigenvalue weighted by molar-refractivity contribution is 0.1000. The van der Waals surface area contributed by atoms with Crippen LogP contribution in [0.15, 0.2) is 18.3 Å². The lowest BCUT2D eigenvalue weighted by Crippen LogP contribution is -2.26. The fourth-order valence-corrected chi connectivity index (χ4v) is 1.76. The standard InChI is InChI=1S/C13H15N3O/c14-13(17)11-2-4-12(16-9-11)3-1-10-5-7-15-8-6-10/h2,4,9-10,15H,5-8H2,(H2,14,17). The third-order valence-corrected chi connectivity index (χ3v) is 2.79. The van der Waals surface area contributed by atoms with Gasteiger partial charge in [0.2, 0.25) is 5.91 Å². The van der Waals surface area contributed by atoms with Gasteiger partial charge in [0.15, 0.2) is 0 Å². The van der Waals surface area contributed by atoms with Crippen LogP contribution in [-0.2, 0) is 0 Å². The zero-order valence-corrected chi connectivity index (χ0v) is 9.57. The Balaban J connectivity index is 2.03. The van der Waals surface area contributed by atoms with Crippen LogP contribution in [0.3, 0.4) is 0 Å². The predicted molar refractivity (Wildman–Crippen MR) is 65.2 cm³/mol. The third kappa shape index (κ3) is 3.30. The number of carbonyl (C=O) groups is 1. The minimum Gasteiger partial charge on any atom is -0.366 e. The fourth-order valence-electron chi connectivity index (χ4n) is 1.76. The first kappa shape index (κ1) is 11.6. The summed E-state index contributed by atoms with van der Waals surface area (Å²) < 4.78 is 0. The molecule has 1 aromatic heterocycles. The summed E-state index contributed by atoms with van der Waals surface area (Å²) in [4.78, 5) is 15.0. The number of carbonyl (C=O) groups excluding carboxylic acids is 1. The topological polar surface area (TPSA) is 68.0 Å². The van der Waals surface area contributed by atoms with E-state index in [1.54, 1.807) is 12.1 Å². The average molecular weight is 229 g/mol. The second-order valence-corrected chi connectivity index (χ2v) is 4.09. The van der Waals surface area contributed by atoms with Gasteiger partial charge in [-0.15, -0.1) is 0 Å². The summed E-state index contributed by atoms with van der Waals surface area (Å²) in [6, 6.07) is 3.38. The molecule has 0 unspecified atom stereocenters. The normalized spacial score (nSPS) is 16.0. The van der Waals surface area contributed by atoms with E-state index >= 15 is 0 Å². The summed E-state index contributed by atoms with van der Waals surface area (Å²) in [6.07, 6.45) is 3.65. The largest absolute Gasteiger partial charge is 0.366 e. The maximum Gasteiger partial charge on any atom is 0.250 e. The fraction of sp³-hybridized carbons (Fsp3) is 0.385. The van der Waals surface area contributed by atoms with Crippen LogP contribution >= 0.6 is 0 Å². The minimum absolute atomic E-state index is 0.414. The van der Waals surface area contributed by atoms with Crippen LogP contribution in [0.5, 0.6) is 0 Å². The maximum atomic E-state index is 10.9. The van der Waals surface area contributed by atoms with Crippen LogP contribution in [0.25, 0.3) is 0 Å². The van der Waals surface area contributed by atoms with Gasteiger partial charge in [-0.3, -0.25) is 4.79 Å². The maximum absolute atomic E-state index is 10.9. The van der Waals surface area contributed by atoms with Gasteiger partial charge in [0, 0.05) is 12.1 Å². The van der Waals surface area contributed by atoms with Crippen LogP contribution in [-0.4, -0.2) is 24.0 Å². The Morgan fingerprint density at radius 1 is 1.41 bits per heavy atom. The van der Waals surface area contributed by atoms with Gasteiger partial charge in [-0.2, -0.15) is 0 Å². The molecular formula is C13H15N3O. The monoisotopic (exact) mass is 229 g/mol. The van der Waals surface area contributed by atoms with E-state index in [0.717, 1.165) is 25.9 Å². The van der Waals surface area contributed by atoms with Crippen LogP contribution in [0, 0.1) is 17.8 Å². The van der Waals surface area contributed by atoms with Gasteiger partial charge in [0.05, 0.1) is 5.56 Å². The molecule has 88 valence electrons. The Morgan fingerprint density at radius 2 is 2.18 bits per heavy atom. The lowest BCUT2D eigenvalue weighted by Gasteiger charge is -2.17. The molecule has 4 heteroatoms. The van der Waals surface area contributed by atoms with Crippen LogP contribution in [0.1, 0.15) is 28.9 Å². The Kier molecular flexibility index (Phi) is 3.73. The summed E-state index contributed by atoms with van der Waals surface area (Å²) in [6.45, 7) is 2.07. The van der Waals surface area contributed by atoms with Crippen LogP contribution in [0.2, 0.25) is 0 Å². The summed E-state index contributed by atoms with van der Waals surface area (Å²) in [7, 11) is 0. The number of hydrogen-bond donors (Lipinski definition) is 2. The van der Waals surface area contributed by atoms with E-state index in [-0.39, 0.29) is 0 Å². The number of piperidine rings is 1. The molecule has 17 heavy (non-hydrogen) atoms. The number of primary amides is 1. The molecule has 1 aromatic rings. The molecule has 0 aromatic carbocycles. The smallest absolute Gasteiger partial charge is 0.250 e. The summed E-state index contributed by atoms with van der Waals surface area (Å²) in [5, 5.41) is 3.30. The van der Waals surface area contributed by atoms with Crippen LogP contribution < -0.4 is 11.1 Å². The molecule has 0 spiro atoms. The van der Waals surface area contributed by atoms with Crippen molar-refractivity contribution in [3.8, 4) is 11.8 Å². The van der Waals surface area contributed by atoms with Crippen molar-refractivity contribution in [2.75, 3.05) is 13.1 Å². The quantitative estimate of drug-likeness (QED) is 0.690. The molecule has 0 atom stereocenters. The van der Waals surface area contributed by atoms with Gasteiger partial charge in [0.1, 0.15) is 5.69 Å². The molecule has 0 radical (unpaired) electrons. The number of nitrogens with two attached hydrogens (primary N) is 1. The highest BCUT2D eigenvalue weighted by atomic mass is 16.1. The molecule has 4 nitrogen and oxygen atoms in total. The first-order chi connectivity index (χ1) is 8.25. The van der Waals surface area contributed by atoms with E-state index < -0.39 is 5.91 Å². The van der Waals surface area contributed by atoms with Crippen molar-refractivity contribution in [3.63, 3.8) is 0 Å². The molecule has 1 aliphatic rings. The number of pyridine rings is 1. The van der Waals surface area contributed by atoms with Crippen molar-refractivity contribution < 1.29 is 4.79 Å². The number of nitrogens with one attached hydrogen (secondary N) is 1. The Labute approximate surface area is 101 Å². The number of amides is 1. The first-order valence-electron chi connectivity index (χ1n) is 5.74. The molecule has 0 saturated carbocycles. The summed E-state index contributed by atoms with van der Waals surface area (Å²) in [5.41, 5.74) is 6.24. The highest BCUT2D eigenvalue weighted by Crippen LogP contribution is 2.09. The van der Waals surface area contributed by atoms with Crippen molar-refractivity contribution >= 4 is 5.91 Å². The average Bonchev–Trinajstić information content (AvgIpc) is 2.38. The zero-order chi connectivity index (χ0) is 12.1. The highest BCUT2D eigenvalue weighted by molar-refractivity contribution is 5.92. The Hall–Kier alpha value is -1.86. The molecule has 1 aliphatic heterocycles. The van der Waals surface area contributed by atoms with Gasteiger partial charge in [-0.1, -0.05) is 5.92 Å². The molecule has 0 aliphatic carbocycles. The van der Waals surface area contributed by atoms with E-state index in [4.69, 9.17) is 5.73 Å². The molecule has 2 heterocycles. The van der Waals surface area contributed by atoms with Gasteiger partial charge in [-0.05, 0) is 44.0 Å². The van der Waals surface area contributed by atoms with E-state index in [0.29, 0.717) is 17.2 Å². The van der Waals surface area contributed by atoms with Gasteiger partial charge < -0.3 is 11.1 Å². The minimum atomic E-state index is -0.463. The first-order valence-corrected chi connectivity index (χ1v) is 5.74. The van der Waals surface area contributed by atoms with Crippen LogP contribution in [0.4, 0.5) is 0 Å². The van der Waals surface area contributed by atoms with Crippen molar-refractivity contribution in [3.05, 3.63) is 29.6 Å². The molecule has 0 bridgehead atoms.